The molecule has 27 heavy (non-hydrogen) atoms. The quantitative estimate of drug-likeness (QED) is 0.799. The van der Waals surface area contributed by atoms with Crippen molar-refractivity contribution in [3.8, 4) is 10.9 Å². The summed E-state index contributed by atoms with van der Waals surface area (Å²) in [5, 5.41) is 5.32. The maximum Gasteiger partial charge on any atom is 0.279 e. The molecule has 1 amide bonds. The molecule has 3 fully saturated rings. The van der Waals surface area contributed by atoms with E-state index in [1.54, 1.807) is 29.6 Å². The Morgan fingerprint density at radius 2 is 1.93 bits per heavy atom. The van der Waals surface area contributed by atoms with E-state index in [9.17, 15) is 9.59 Å². The summed E-state index contributed by atoms with van der Waals surface area (Å²) in [6.07, 6.45) is 2.33. The number of carbonyl (C=O) groups excluding carboxylic acids is 2. The van der Waals surface area contributed by atoms with Crippen LogP contribution >= 0.6 is 11.3 Å². The molecule has 4 heterocycles. The largest absolute Gasteiger partial charge is 0.431 e. The van der Waals surface area contributed by atoms with Crippen LogP contribution in [0.25, 0.3) is 0 Å². The molecular weight excluding hydrogens is 362 g/mol. The highest BCUT2D eigenvalue weighted by Crippen LogP contribution is 2.32. The van der Waals surface area contributed by atoms with Crippen LogP contribution in [0.4, 0.5) is 0 Å². The molecule has 3 aliphatic rings. The van der Waals surface area contributed by atoms with Crippen molar-refractivity contribution < 1.29 is 14.3 Å². The molecule has 3 aliphatic heterocycles. The number of fused-ring (bicyclic) bond motifs is 3. The Morgan fingerprint density at radius 1 is 1.22 bits per heavy atom. The number of ketones is 1. The van der Waals surface area contributed by atoms with Gasteiger partial charge >= 0.3 is 0 Å². The van der Waals surface area contributed by atoms with Crippen molar-refractivity contribution >= 4 is 23.0 Å². The molecule has 142 valence electrons. The minimum Gasteiger partial charge on any atom is -0.431 e. The van der Waals surface area contributed by atoms with Gasteiger partial charge in [0, 0.05) is 30.0 Å². The Kier molecular flexibility index (Phi) is 4.97. The zero-order valence-corrected chi connectivity index (χ0v) is 16.3. The standard InChI is InChI=1S/C20H23N3O3S/c1-12-18(14-7-9-23(12)10-8-14)22-19(25)15-3-5-16(6-4-15)26-20-21-17(11-27-20)13(2)24/h3-6,11-12,14,18H,7-10H2,1-2H3,(H,22,25)/t12-,18+/m1/s1. The fraction of sp³-hybridized carbons (Fsp3) is 0.450. The van der Waals surface area contributed by atoms with Crippen molar-refractivity contribution in [2.24, 2.45) is 5.92 Å². The lowest BCUT2D eigenvalue weighted by molar-refractivity contribution is 0.0217. The summed E-state index contributed by atoms with van der Waals surface area (Å²) < 4.78 is 5.67. The van der Waals surface area contributed by atoms with E-state index in [-0.39, 0.29) is 17.7 Å². The van der Waals surface area contributed by atoms with Gasteiger partial charge in [-0.25, -0.2) is 0 Å². The topological polar surface area (TPSA) is 71.5 Å². The molecule has 1 N–H and O–H groups in total. The molecule has 5 rings (SSSR count). The van der Waals surface area contributed by atoms with Gasteiger partial charge in [-0.3, -0.25) is 14.5 Å². The Labute approximate surface area is 162 Å². The lowest BCUT2D eigenvalue weighted by Gasteiger charge is -2.49. The molecule has 7 heteroatoms. The Hall–Kier alpha value is -2.25. The number of carbonyl (C=O) groups is 2. The summed E-state index contributed by atoms with van der Waals surface area (Å²) in [6, 6.07) is 7.64. The highest BCUT2D eigenvalue weighted by molar-refractivity contribution is 7.11. The molecular formula is C20H23N3O3S. The number of rotatable bonds is 5. The second-order valence-electron chi connectivity index (χ2n) is 7.29. The van der Waals surface area contributed by atoms with Crippen molar-refractivity contribution in [1.29, 1.82) is 0 Å². The number of amides is 1. The van der Waals surface area contributed by atoms with Crippen LogP contribution in [0.1, 0.15) is 47.5 Å². The number of aromatic nitrogens is 1. The van der Waals surface area contributed by atoms with Crippen molar-refractivity contribution in [2.45, 2.75) is 38.8 Å². The summed E-state index contributed by atoms with van der Waals surface area (Å²) in [5.74, 6) is 1.04. The summed E-state index contributed by atoms with van der Waals surface area (Å²) in [7, 11) is 0. The molecule has 2 bridgehead atoms. The number of benzene rings is 1. The van der Waals surface area contributed by atoms with Crippen LogP contribution in [0.3, 0.4) is 0 Å². The lowest BCUT2D eigenvalue weighted by atomic mass is 9.79. The van der Waals surface area contributed by atoms with Crippen LogP contribution in [-0.2, 0) is 0 Å². The van der Waals surface area contributed by atoms with Gasteiger partial charge in [-0.1, -0.05) is 11.3 Å². The molecule has 2 aromatic rings. The summed E-state index contributed by atoms with van der Waals surface area (Å²) in [5.41, 5.74) is 1.02. The first-order chi connectivity index (χ1) is 13.0. The first kappa shape index (κ1) is 18.1. The van der Waals surface area contributed by atoms with E-state index in [1.165, 1.54) is 18.3 Å². The first-order valence-electron chi connectivity index (χ1n) is 9.30. The second-order valence-corrected chi connectivity index (χ2v) is 8.12. The van der Waals surface area contributed by atoms with Gasteiger partial charge in [0.2, 0.25) is 0 Å². The van der Waals surface area contributed by atoms with Crippen molar-refractivity contribution in [3.05, 3.63) is 40.9 Å². The highest BCUT2D eigenvalue weighted by Gasteiger charge is 2.40. The van der Waals surface area contributed by atoms with Gasteiger partial charge in [0.15, 0.2) is 5.78 Å². The number of piperidine rings is 3. The highest BCUT2D eigenvalue weighted by atomic mass is 32.1. The van der Waals surface area contributed by atoms with E-state index in [0.29, 0.717) is 34.2 Å². The van der Waals surface area contributed by atoms with E-state index in [2.05, 4.69) is 22.1 Å². The summed E-state index contributed by atoms with van der Waals surface area (Å²) in [4.78, 5) is 30.6. The van der Waals surface area contributed by atoms with Gasteiger partial charge in [-0.05, 0) is 63.0 Å². The van der Waals surface area contributed by atoms with E-state index in [1.807, 2.05) is 0 Å². The van der Waals surface area contributed by atoms with Gasteiger partial charge in [0.1, 0.15) is 11.4 Å². The summed E-state index contributed by atoms with van der Waals surface area (Å²) >= 11 is 1.28. The predicted molar refractivity (Wildman–Crippen MR) is 104 cm³/mol. The minimum absolute atomic E-state index is 0.0414. The normalized spacial score (nSPS) is 26.6. The fourth-order valence-electron chi connectivity index (χ4n) is 4.02. The second kappa shape index (κ2) is 7.40. The maximum absolute atomic E-state index is 12.7. The van der Waals surface area contributed by atoms with Crippen LogP contribution in [0, 0.1) is 5.92 Å². The number of hydrogen-bond acceptors (Lipinski definition) is 6. The number of ether oxygens (including phenoxy) is 1. The van der Waals surface area contributed by atoms with E-state index >= 15 is 0 Å². The fourth-order valence-corrected chi connectivity index (χ4v) is 4.75. The van der Waals surface area contributed by atoms with Crippen LogP contribution in [0.2, 0.25) is 0 Å². The number of Topliss-reactive ketones (excluding diaryl/α,β-unsaturated/α-hetero) is 1. The molecule has 2 atom stereocenters. The van der Waals surface area contributed by atoms with Crippen molar-refractivity contribution in [3.63, 3.8) is 0 Å². The molecule has 1 aromatic heterocycles. The van der Waals surface area contributed by atoms with E-state index in [4.69, 9.17) is 4.74 Å². The Morgan fingerprint density at radius 3 is 2.52 bits per heavy atom. The van der Waals surface area contributed by atoms with Gasteiger partial charge in [0.25, 0.3) is 11.1 Å². The molecule has 0 aliphatic carbocycles. The van der Waals surface area contributed by atoms with Crippen molar-refractivity contribution in [1.82, 2.24) is 15.2 Å². The Bertz CT molecular complexity index is 838. The minimum atomic E-state index is -0.0879. The molecule has 3 saturated heterocycles. The van der Waals surface area contributed by atoms with Crippen LogP contribution in [-0.4, -0.2) is 46.7 Å². The number of thiazole rings is 1. The smallest absolute Gasteiger partial charge is 0.279 e. The van der Waals surface area contributed by atoms with Gasteiger partial charge in [-0.15, -0.1) is 0 Å². The van der Waals surface area contributed by atoms with Gasteiger partial charge in [0.05, 0.1) is 0 Å². The third-order valence-corrected chi connectivity index (χ3v) is 6.36. The monoisotopic (exact) mass is 385 g/mol. The molecule has 1 aromatic carbocycles. The third-order valence-electron chi connectivity index (χ3n) is 5.64. The molecule has 0 spiro atoms. The van der Waals surface area contributed by atoms with E-state index < -0.39 is 0 Å². The number of hydrogen-bond donors (Lipinski definition) is 1. The summed E-state index contributed by atoms with van der Waals surface area (Å²) in [6.45, 7) is 5.97. The van der Waals surface area contributed by atoms with Crippen LogP contribution in [0.5, 0.6) is 10.9 Å². The van der Waals surface area contributed by atoms with Gasteiger partial charge < -0.3 is 10.1 Å². The Balaban J connectivity index is 1.39. The molecule has 0 radical (unpaired) electrons. The first-order valence-corrected chi connectivity index (χ1v) is 10.2. The number of nitrogens with one attached hydrogen (secondary N) is 1. The lowest BCUT2D eigenvalue weighted by Crippen LogP contribution is -2.62. The SMILES string of the molecule is CC(=O)c1csc(Oc2ccc(C(=O)N[C@@H]3C4CCN(CC4)[C@@H]3C)cc2)n1. The predicted octanol–water partition coefficient (Wildman–Crippen LogP) is 3.35. The molecule has 6 nitrogen and oxygen atoms in total. The average molecular weight is 385 g/mol. The zero-order chi connectivity index (χ0) is 19.0. The van der Waals surface area contributed by atoms with Crippen LogP contribution in [0.15, 0.2) is 29.6 Å². The maximum atomic E-state index is 12.7. The van der Waals surface area contributed by atoms with Gasteiger partial charge in [-0.2, -0.15) is 4.98 Å². The number of nitrogens with zero attached hydrogens (tertiary/aromatic N) is 2. The molecule has 0 unspecified atom stereocenters. The molecule has 0 saturated carbocycles. The van der Waals surface area contributed by atoms with E-state index in [0.717, 1.165) is 25.9 Å². The van der Waals surface area contributed by atoms with Crippen LogP contribution < -0.4 is 10.1 Å². The zero-order valence-electron chi connectivity index (χ0n) is 15.5. The average Bonchev–Trinajstić information content (AvgIpc) is 3.14. The third kappa shape index (κ3) is 3.75. The van der Waals surface area contributed by atoms with Crippen molar-refractivity contribution in [2.75, 3.05) is 13.1 Å².